The SMILES string of the molecule is CN(C)C(=O)C(CCN1CCC(O)(c2cccc(OCCCCCCO)c2)CC1)(c1ccccc1)c1ccccc1. The highest BCUT2D eigenvalue weighted by atomic mass is 16.5. The van der Waals surface area contributed by atoms with Gasteiger partial charge in [0.05, 0.1) is 12.2 Å². The summed E-state index contributed by atoms with van der Waals surface area (Å²) in [7, 11) is 3.66. The van der Waals surface area contributed by atoms with E-state index in [-0.39, 0.29) is 12.5 Å². The highest BCUT2D eigenvalue weighted by molar-refractivity contribution is 5.91. The molecule has 6 heteroatoms. The number of hydrogen-bond acceptors (Lipinski definition) is 5. The number of unbranched alkanes of at least 4 members (excludes halogenated alkanes) is 3. The lowest BCUT2D eigenvalue weighted by atomic mass is 9.70. The van der Waals surface area contributed by atoms with Gasteiger partial charge >= 0.3 is 0 Å². The van der Waals surface area contributed by atoms with Gasteiger partial charge in [0.25, 0.3) is 0 Å². The first-order valence-electron chi connectivity index (χ1n) is 15.0. The molecule has 41 heavy (non-hydrogen) atoms. The Balaban J connectivity index is 1.43. The summed E-state index contributed by atoms with van der Waals surface area (Å²) in [6.45, 7) is 3.13. The molecule has 0 unspecified atom stereocenters. The van der Waals surface area contributed by atoms with E-state index in [1.807, 2.05) is 74.8 Å². The van der Waals surface area contributed by atoms with Crippen molar-refractivity contribution in [2.75, 3.05) is 46.9 Å². The van der Waals surface area contributed by atoms with Crippen LogP contribution in [0.3, 0.4) is 0 Å². The Hall–Kier alpha value is -3.19. The minimum Gasteiger partial charge on any atom is -0.494 e. The van der Waals surface area contributed by atoms with Crippen molar-refractivity contribution in [3.8, 4) is 5.75 Å². The molecule has 1 fully saturated rings. The molecule has 1 heterocycles. The number of carbonyl (C=O) groups excluding carboxylic acids is 1. The van der Waals surface area contributed by atoms with Gasteiger partial charge in [-0.1, -0.05) is 79.2 Å². The topological polar surface area (TPSA) is 73.2 Å². The third-order valence-electron chi connectivity index (χ3n) is 8.48. The third-order valence-corrected chi connectivity index (χ3v) is 8.48. The lowest BCUT2D eigenvalue weighted by molar-refractivity contribution is -0.133. The number of piperidine rings is 1. The van der Waals surface area contributed by atoms with E-state index in [0.717, 1.165) is 67.8 Å². The molecule has 220 valence electrons. The molecule has 0 atom stereocenters. The molecule has 0 spiro atoms. The molecule has 3 aromatic rings. The van der Waals surface area contributed by atoms with E-state index in [1.165, 1.54) is 0 Å². The maximum atomic E-state index is 13.9. The van der Waals surface area contributed by atoms with Gasteiger partial charge < -0.3 is 24.7 Å². The van der Waals surface area contributed by atoms with Crippen molar-refractivity contribution >= 4 is 5.91 Å². The molecule has 1 aliphatic heterocycles. The van der Waals surface area contributed by atoms with Gasteiger partial charge in [-0.15, -0.1) is 0 Å². The van der Waals surface area contributed by atoms with Crippen LogP contribution in [0, 0.1) is 0 Å². The van der Waals surface area contributed by atoms with Crippen LogP contribution in [0.1, 0.15) is 61.6 Å². The number of amides is 1. The third kappa shape index (κ3) is 7.56. The second-order valence-electron chi connectivity index (χ2n) is 11.5. The Morgan fingerprint density at radius 3 is 2.07 bits per heavy atom. The van der Waals surface area contributed by atoms with Crippen LogP contribution in [0.25, 0.3) is 0 Å². The summed E-state index contributed by atoms with van der Waals surface area (Å²) in [5, 5.41) is 20.6. The number of aliphatic hydroxyl groups is 2. The average molecular weight is 559 g/mol. The highest BCUT2D eigenvalue weighted by Crippen LogP contribution is 2.39. The molecular formula is C35H46N2O4. The molecule has 0 saturated carbocycles. The Labute approximate surface area is 245 Å². The molecule has 1 amide bonds. The van der Waals surface area contributed by atoms with Crippen LogP contribution in [0.5, 0.6) is 5.75 Å². The summed E-state index contributed by atoms with van der Waals surface area (Å²) >= 11 is 0. The van der Waals surface area contributed by atoms with Crippen LogP contribution >= 0.6 is 0 Å². The van der Waals surface area contributed by atoms with Gasteiger partial charge in [0, 0.05) is 33.8 Å². The van der Waals surface area contributed by atoms with Gasteiger partial charge in [0.15, 0.2) is 0 Å². The molecule has 6 nitrogen and oxygen atoms in total. The first-order chi connectivity index (χ1) is 19.9. The zero-order valence-corrected chi connectivity index (χ0v) is 24.7. The monoisotopic (exact) mass is 558 g/mol. The van der Waals surface area contributed by atoms with Gasteiger partial charge in [0.1, 0.15) is 11.2 Å². The lowest BCUT2D eigenvalue weighted by Gasteiger charge is -2.41. The van der Waals surface area contributed by atoms with Crippen molar-refractivity contribution in [3.63, 3.8) is 0 Å². The summed E-state index contributed by atoms with van der Waals surface area (Å²) in [5.41, 5.74) is 1.23. The summed E-state index contributed by atoms with van der Waals surface area (Å²) < 4.78 is 5.97. The molecule has 3 aromatic carbocycles. The van der Waals surface area contributed by atoms with E-state index in [1.54, 1.807) is 4.90 Å². The molecule has 0 bridgehead atoms. The minimum atomic E-state index is -0.896. The second kappa shape index (κ2) is 14.6. The normalized spacial score (nSPS) is 15.4. The van der Waals surface area contributed by atoms with Crippen LogP contribution in [-0.2, 0) is 15.8 Å². The molecule has 0 aliphatic carbocycles. The van der Waals surface area contributed by atoms with Crippen LogP contribution in [-0.4, -0.2) is 72.9 Å². The van der Waals surface area contributed by atoms with E-state index in [4.69, 9.17) is 9.84 Å². The fourth-order valence-electron chi connectivity index (χ4n) is 6.03. The van der Waals surface area contributed by atoms with Crippen LogP contribution in [0.4, 0.5) is 0 Å². The predicted octanol–water partition coefficient (Wildman–Crippen LogP) is 5.37. The minimum absolute atomic E-state index is 0.0774. The standard InChI is InChI=1S/C35H46N2O4/c1-36(2)33(39)35(29-14-7-5-8-15-29,30-16-9-6-10-17-30)22-25-37-23-20-34(40,21-24-37)31-18-13-19-32(28-31)41-27-12-4-3-11-26-38/h5-10,13-19,28,38,40H,3-4,11-12,20-27H2,1-2H3. The van der Waals surface area contributed by atoms with Gasteiger partial charge in [0.2, 0.25) is 5.91 Å². The molecule has 2 N–H and O–H groups in total. The smallest absolute Gasteiger partial charge is 0.237 e. The fraction of sp³-hybridized carbons (Fsp3) is 0.457. The fourth-order valence-corrected chi connectivity index (χ4v) is 6.03. The van der Waals surface area contributed by atoms with Gasteiger partial charge in [-0.05, 0) is 73.9 Å². The van der Waals surface area contributed by atoms with Crippen molar-refractivity contribution < 1.29 is 19.7 Å². The number of ether oxygens (including phenoxy) is 1. The molecular weight excluding hydrogens is 512 g/mol. The van der Waals surface area contributed by atoms with Crippen molar-refractivity contribution in [2.24, 2.45) is 0 Å². The summed E-state index contributed by atoms with van der Waals surface area (Å²) in [6.07, 6.45) is 5.75. The molecule has 0 radical (unpaired) electrons. The largest absolute Gasteiger partial charge is 0.494 e. The van der Waals surface area contributed by atoms with Crippen molar-refractivity contribution in [2.45, 2.75) is 56.0 Å². The van der Waals surface area contributed by atoms with Gasteiger partial charge in [-0.25, -0.2) is 0 Å². The Morgan fingerprint density at radius 1 is 0.878 bits per heavy atom. The quantitative estimate of drug-likeness (QED) is 0.261. The molecule has 1 saturated heterocycles. The molecule has 4 rings (SSSR count). The number of likely N-dealkylation sites (N-methyl/N-ethyl adjacent to an activating group) is 1. The highest BCUT2D eigenvalue weighted by Gasteiger charge is 2.43. The van der Waals surface area contributed by atoms with Gasteiger partial charge in [-0.3, -0.25) is 4.79 Å². The van der Waals surface area contributed by atoms with Crippen molar-refractivity contribution in [1.29, 1.82) is 0 Å². The zero-order chi connectivity index (χ0) is 29.1. The second-order valence-corrected chi connectivity index (χ2v) is 11.5. The number of hydrogen-bond donors (Lipinski definition) is 2. The summed E-state index contributed by atoms with van der Waals surface area (Å²) in [5.74, 6) is 0.867. The zero-order valence-electron chi connectivity index (χ0n) is 24.7. The van der Waals surface area contributed by atoms with E-state index in [0.29, 0.717) is 25.9 Å². The van der Waals surface area contributed by atoms with E-state index in [9.17, 15) is 9.90 Å². The number of nitrogens with zero attached hydrogens (tertiary/aromatic N) is 2. The number of benzene rings is 3. The summed E-state index contributed by atoms with van der Waals surface area (Å²) in [6, 6.07) is 28.1. The number of rotatable bonds is 14. The predicted molar refractivity (Wildman–Crippen MR) is 164 cm³/mol. The first kappa shape index (κ1) is 30.8. The van der Waals surface area contributed by atoms with Crippen LogP contribution in [0.2, 0.25) is 0 Å². The maximum Gasteiger partial charge on any atom is 0.237 e. The molecule has 0 aromatic heterocycles. The Morgan fingerprint density at radius 2 is 1.49 bits per heavy atom. The van der Waals surface area contributed by atoms with Crippen molar-refractivity contribution in [3.05, 3.63) is 102 Å². The average Bonchev–Trinajstić information content (AvgIpc) is 3.01. The number of likely N-dealkylation sites (tertiary alicyclic amines) is 1. The first-order valence-corrected chi connectivity index (χ1v) is 15.0. The number of aliphatic hydroxyl groups excluding tert-OH is 1. The molecule has 1 aliphatic rings. The maximum absolute atomic E-state index is 13.9. The van der Waals surface area contributed by atoms with Gasteiger partial charge in [-0.2, -0.15) is 0 Å². The van der Waals surface area contributed by atoms with Crippen LogP contribution < -0.4 is 4.74 Å². The Kier molecular flexibility index (Phi) is 11.0. The van der Waals surface area contributed by atoms with E-state index < -0.39 is 11.0 Å². The summed E-state index contributed by atoms with van der Waals surface area (Å²) in [4.78, 5) is 18.0. The van der Waals surface area contributed by atoms with Crippen LogP contribution in [0.15, 0.2) is 84.9 Å². The lowest BCUT2D eigenvalue weighted by Crippen LogP contribution is -2.48. The Bertz CT molecular complexity index is 1170. The van der Waals surface area contributed by atoms with E-state index in [2.05, 4.69) is 29.2 Å². The van der Waals surface area contributed by atoms with Crippen molar-refractivity contribution in [1.82, 2.24) is 9.80 Å². The van der Waals surface area contributed by atoms with E-state index >= 15 is 0 Å². The number of carbonyl (C=O) groups is 1.